The molecule has 0 aliphatic rings. The van der Waals surface area contributed by atoms with Crippen LogP contribution in [0, 0.1) is 0 Å². The van der Waals surface area contributed by atoms with Gasteiger partial charge in [-0.3, -0.25) is 4.55 Å². The Morgan fingerprint density at radius 3 is 1.97 bits per heavy atom. The molecule has 0 fully saturated rings. The Hall–Kier alpha value is -3.41. The highest BCUT2D eigenvalue weighted by atomic mass is 32.2. The fraction of sp³-hybridized carbons (Fsp3) is 0.160. The minimum absolute atomic E-state index is 0.472. The van der Waals surface area contributed by atoms with E-state index in [1.807, 2.05) is 36.4 Å². The first-order valence-electron chi connectivity index (χ1n) is 10.3. The van der Waals surface area contributed by atoms with Crippen LogP contribution in [0.25, 0.3) is 0 Å². The summed E-state index contributed by atoms with van der Waals surface area (Å²) in [7, 11) is -4.55. The highest BCUT2D eigenvalue weighted by Gasteiger charge is 2.44. The Kier molecular flexibility index (Phi) is 10.9. The summed E-state index contributed by atoms with van der Waals surface area (Å²) in [6.07, 6.45) is 0.973. The van der Waals surface area contributed by atoms with Gasteiger partial charge in [-0.05, 0) is 40.6 Å². The molecule has 3 rings (SSSR count). The van der Waals surface area contributed by atoms with Gasteiger partial charge in [0.15, 0.2) is 0 Å². The zero-order valence-electron chi connectivity index (χ0n) is 19.0. The molecule has 0 aliphatic carbocycles. The second-order valence-corrected chi connectivity index (χ2v) is 9.51. The topological polar surface area (TPSA) is 89.9 Å². The van der Waals surface area contributed by atoms with E-state index < -0.39 is 21.8 Å². The summed E-state index contributed by atoms with van der Waals surface area (Å²) < 4.78 is 67.1. The van der Waals surface area contributed by atoms with E-state index in [-0.39, 0.29) is 0 Å². The lowest BCUT2D eigenvalue weighted by Gasteiger charge is -2.08. The average molecular weight is 541 g/mol. The number of ether oxygens (including phenoxy) is 2. The molecular weight excluding hydrogens is 517 g/mol. The van der Waals surface area contributed by atoms with E-state index in [1.165, 1.54) is 23.1 Å². The van der Waals surface area contributed by atoms with E-state index in [4.69, 9.17) is 17.7 Å². The second-order valence-electron chi connectivity index (χ2n) is 7.10. The molecule has 3 aromatic rings. The van der Waals surface area contributed by atoms with Gasteiger partial charge in [0.25, 0.3) is 0 Å². The van der Waals surface area contributed by atoms with Crippen LogP contribution in [0.15, 0.2) is 90.3 Å². The SMILES string of the molecule is COC(=O)Oc1ccc(Cc2sccccccc2Cc2ccccc2)cc1.O=S(=O)(O)C(F)(F)F. The van der Waals surface area contributed by atoms with Crippen molar-refractivity contribution >= 4 is 27.6 Å². The first kappa shape index (κ1) is 28.8. The highest BCUT2D eigenvalue weighted by Crippen LogP contribution is 2.22. The summed E-state index contributed by atoms with van der Waals surface area (Å²) in [6, 6.07) is 28.4. The van der Waals surface area contributed by atoms with E-state index in [9.17, 15) is 18.0 Å². The minimum atomic E-state index is -5.84. The van der Waals surface area contributed by atoms with Crippen molar-refractivity contribution in [3.8, 4) is 5.75 Å². The molecule has 0 amide bonds. The predicted molar refractivity (Wildman–Crippen MR) is 131 cm³/mol. The van der Waals surface area contributed by atoms with Crippen LogP contribution in [0.5, 0.6) is 5.75 Å². The van der Waals surface area contributed by atoms with E-state index in [0.717, 1.165) is 18.4 Å². The van der Waals surface area contributed by atoms with Crippen LogP contribution in [0.4, 0.5) is 18.0 Å². The number of rotatable bonds is 5. The van der Waals surface area contributed by atoms with Crippen molar-refractivity contribution in [2.75, 3.05) is 7.11 Å². The van der Waals surface area contributed by atoms with E-state index in [2.05, 4.69) is 46.5 Å². The molecule has 1 heterocycles. The summed E-state index contributed by atoms with van der Waals surface area (Å²) >= 11 is 1.74. The number of carbonyl (C=O) groups excluding carboxylic acids is 1. The number of halogens is 3. The van der Waals surface area contributed by atoms with Crippen LogP contribution < -0.4 is 4.74 Å². The largest absolute Gasteiger partial charge is 0.522 e. The summed E-state index contributed by atoms with van der Waals surface area (Å²) in [4.78, 5) is 12.5. The molecule has 36 heavy (non-hydrogen) atoms. The van der Waals surface area contributed by atoms with Gasteiger partial charge in [-0.1, -0.05) is 72.8 Å². The third-order valence-electron chi connectivity index (χ3n) is 4.46. The molecule has 0 atom stereocenters. The molecule has 192 valence electrons. The van der Waals surface area contributed by atoms with Crippen molar-refractivity contribution in [1.29, 1.82) is 0 Å². The Balaban J connectivity index is 0.000000493. The van der Waals surface area contributed by atoms with Crippen LogP contribution in [-0.2, 0) is 27.7 Å². The van der Waals surface area contributed by atoms with Crippen molar-refractivity contribution < 1.29 is 40.4 Å². The Morgan fingerprint density at radius 1 is 0.861 bits per heavy atom. The Bertz CT molecular complexity index is 1270. The maximum absolute atomic E-state index is 11.2. The molecule has 0 spiro atoms. The fourth-order valence-electron chi connectivity index (χ4n) is 2.76. The van der Waals surface area contributed by atoms with Crippen molar-refractivity contribution in [3.05, 3.63) is 112 Å². The molecule has 0 saturated heterocycles. The minimum Gasteiger partial charge on any atom is -0.437 e. The monoisotopic (exact) mass is 540 g/mol. The van der Waals surface area contributed by atoms with Crippen molar-refractivity contribution in [3.63, 3.8) is 0 Å². The molecule has 0 unspecified atom stereocenters. The molecule has 11 heteroatoms. The number of hydrogen-bond acceptors (Lipinski definition) is 6. The maximum Gasteiger partial charge on any atom is 0.522 e. The summed E-state index contributed by atoms with van der Waals surface area (Å²) in [5.74, 6) is 0.472. The fourth-order valence-corrected chi connectivity index (χ4v) is 3.64. The van der Waals surface area contributed by atoms with Crippen molar-refractivity contribution in [2.45, 2.75) is 18.3 Å². The van der Waals surface area contributed by atoms with E-state index in [1.54, 1.807) is 23.5 Å². The maximum atomic E-state index is 11.2. The molecule has 1 aromatic heterocycles. The summed E-state index contributed by atoms with van der Waals surface area (Å²) in [5, 5.41) is 2.11. The van der Waals surface area contributed by atoms with Gasteiger partial charge in [-0.2, -0.15) is 21.6 Å². The second kappa shape index (κ2) is 13.6. The predicted octanol–water partition coefficient (Wildman–Crippen LogP) is 6.59. The molecular formula is C25H23F3O6S2. The number of hydrogen-bond donors (Lipinski definition) is 1. The standard InChI is InChI=1S/C24H22O3S.CHF3O3S/c1-26-24(25)27-22-14-12-20(13-15-22)18-23-21(11-7-2-3-8-16-28-23)17-19-9-5-4-6-10-19;2-1(3,4)8(5,6)7/h2-16H,17-18H2,1H3;(H,5,6,7). The molecule has 0 radical (unpaired) electrons. The Labute approximate surface area is 211 Å². The third kappa shape index (κ3) is 10.1. The Morgan fingerprint density at radius 2 is 1.39 bits per heavy atom. The summed E-state index contributed by atoms with van der Waals surface area (Å²) in [5.41, 5.74) is -1.80. The third-order valence-corrected chi connectivity index (χ3v) is 6.03. The van der Waals surface area contributed by atoms with E-state index >= 15 is 0 Å². The first-order valence-corrected chi connectivity index (χ1v) is 12.6. The first-order chi connectivity index (χ1) is 17.0. The molecule has 2 aromatic carbocycles. The number of methoxy groups -OCH3 is 1. The number of carbonyl (C=O) groups is 1. The molecule has 6 nitrogen and oxygen atoms in total. The average Bonchev–Trinajstić information content (AvgIpc) is 2.93. The molecule has 0 saturated carbocycles. The van der Waals surface area contributed by atoms with Gasteiger partial charge >= 0.3 is 21.8 Å². The lowest BCUT2D eigenvalue weighted by Crippen LogP contribution is -2.21. The van der Waals surface area contributed by atoms with Gasteiger partial charge in [-0.25, -0.2) is 4.79 Å². The quantitative estimate of drug-likeness (QED) is 0.170. The molecule has 1 N–H and O–H groups in total. The van der Waals surface area contributed by atoms with Crippen LogP contribution in [0.1, 0.15) is 21.6 Å². The number of benzene rings is 2. The normalized spacial score (nSPS) is 10.9. The molecule has 0 bridgehead atoms. The van der Waals surface area contributed by atoms with Crippen LogP contribution in [0.3, 0.4) is 0 Å². The van der Waals surface area contributed by atoms with Gasteiger partial charge in [0.05, 0.1) is 7.11 Å². The van der Waals surface area contributed by atoms with Gasteiger partial charge in [0.2, 0.25) is 0 Å². The zero-order valence-corrected chi connectivity index (χ0v) is 20.6. The van der Waals surface area contributed by atoms with Gasteiger partial charge in [0.1, 0.15) is 5.75 Å². The summed E-state index contributed by atoms with van der Waals surface area (Å²) in [6.45, 7) is 0. The van der Waals surface area contributed by atoms with Crippen LogP contribution in [-0.4, -0.2) is 31.7 Å². The smallest absolute Gasteiger partial charge is 0.437 e. The molecule has 0 aliphatic heterocycles. The zero-order chi connectivity index (χ0) is 26.6. The lowest BCUT2D eigenvalue weighted by atomic mass is 10.0. The van der Waals surface area contributed by atoms with E-state index in [0.29, 0.717) is 5.75 Å². The lowest BCUT2D eigenvalue weighted by molar-refractivity contribution is -0.0510. The van der Waals surface area contributed by atoms with Gasteiger partial charge in [0, 0.05) is 11.3 Å². The van der Waals surface area contributed by atoms with Crippen LogP contribution >= 0.6 is 11.3 Å². The van der Waals surface area contributed by atoms with Gasteiger partial charge < -0.3 is 9.47 Å². The van der Waals surface area contributed by atoms with Crippen molar-refractivity contribution in [1.82, 2.24) is 0 Å². The van der Waals surface area contributed by atoms with Crippen molar-refractivity contribution in [2.24, 2.45) is 0 Å². The van der Waals surface area contributed by atoms with Gasteiger partial charge in [-0.15, -0.1) is 11.3 Å². The highest BCUT2D eigenvalue weighted by molar-refractivity contribution is 7.86. The number of alkyl halides is 3. The van der Waals surface area contributed by atoms with Crippen LogP contribution in [0.2, 0.25) is 0 Å².